The van der Waals surface area contributed by atoms with Gasteiger partial charge in [-0.1, -0.05) is 0 Å². The summed E-state index contributed by atoms with van der Waals surface area (Å²) < 4.78 is 38.4. The second-order valence-electron chi connectivity index (χ2n) is 4.80. The summed E-state index contributed by atoms with van der Waals surface area (Å²) in [5, 5.41) is 8.12. The van der Waals surface area contributed by atoms with E-state index in [-0.39, 0.29) is 11.6 Å². The van der Waals surface area contributed by atoms with E-state index >= 15 is 0 Å². The Morgan fingerprint density at radius 2 is 1.81 bits per heavy atom. The third-order valence-corrected chi connectivity index (χ3v) is 3.74. The minimum atomic E-state index is -4.60. The zero-order chi connectivity index (χ0) is 15.7. The summed E-state index contributed by atoms with van der Waals surface area (Å²) in [6, 6.07) is 1.42. The lowest BCUT2D eigenvalue weighted by Gasteiger charge is -2.25. The molecule has 2 N–H and O–H groups in total. The van der Waals surface area contributed by atoms with Crippen LogP contribution in [0.1, 0.15) is 24.7 Å². The van der Waals surface area contributed by atoms with Crippen LogP contribution in [0.4, 0.5) is 24.8 Å². The number of halogens is 3. The second-order valence-corrected chi connectivity index (χ2v) is 5.69. The molecule has 0 aliphatic carbocycles. The third kappa shape index (κ3) is 3.60. The van der Waals surface area contributed by atoms with Crippen molar-refractivity contribution in [1.29, 1.82) is 0 Å². The van der Waals surface area contributed by atoms with E-state index in [4.69, 9.17) is 0 Å². The molecule has 2 rings (SSSR count). The van der Waals surface area contributed by atoms with Crippen LogP contribution in [0.25, 0.3) is 0 Å². The summed E-state index contributed by atoms with van der Waals surface area (Å²) in [6.45, 7) is 3.64. The van der Waals surface area contributed by atoms with E-state index in [0.29, 0.717) is 0 Å². The average Bonchev–Trinajstić information content (AvgIpc) is 2.91. The highest BCUT2D eigenvalue weighted by atomic mass is 32.1. The highest BCUT2D eigenvalue weighted by Crippen LogP contribution is 2.31. The summed E-state index contributed by atoms with van der Waals surface area (Å²) >= 11 is 1.41. The molecule has 2 heterocycles. The lowest BCUT2D eigenvalue weighted by molar-refractivity contribution is -0.144. The Balaban J connectivity index is 2.36. The first-order valence-corrected chi connectivity index (χ1v) is 6.92. The molecule has 0 saturated heterocycles. The first kappa shape index (κ1) is 15.5. The van der Waals surface area contributed by atoms with Gasteiger partial charge < -0.3 is 10.6 Å². The van der Waals surface area contributed by atoms with Crippen LogP contribution in [-0.2, 0) is 11.7 Å². The molecule has 0 atom stereocenters. The maximum atomic E-state index is 12.8. The number of anilines is 2. The lowest BCUT2D eigenvalue weighted by atomic mass is 10.1. The van der Waals surface area contributed by atoms with Crippen LogP contribution in [0.5, 0.6) is 0 Å². The molecule has 0 fully saturated rings. The number of nitrogens with one attached hydrogen (secondary N) is 2. The van der Waals surface area contributed by atoms with Gasteiger partial charge in [-0.15, -0.1) is 11.3 Å². The van der Waals surface area contributed by atoms with Gasteiger partial charge in [-0.3, -0.25) is 0 Å². The number of nitrogens with zero attached hydrogens (tertiary/aromatic N) is 3. The van der Waals surface area contributed by atoms with Crippen LogP contribution in [-0.4, -0.2) is 22.0 Å². The highest BCUT2D eigenvalue weighted by Gasteiger charge is 2.36. The van der Waals surface area contributed by atoms with E-state index in [1.54, 1.807) is 11.6 Å². The van der Waals surface area contributed by atoms with Crippen LogP contribution in [0, 0.1) is 0 Å². The molecule has 0 bridgehead atoms. The molecule has 21 heavy (non-hydrogen) atoms. The van der Waals surface area contributed by atoms with Crippen molar-refractivity contribution in [2.45, 2.75) is 25.6 Å². The third-order valence-electron chi connectivity index (χ3n) is 2.64. The van der Waals surface area contributed by atoms with E-state index in [1.807, 2.05) is 13.8 Å². The molecule has 114 valence electrons. The summed E-state index contributed by atoms with van der Waals surface area (Å²) in [4.78, 5) is 11.1. The van der Waals surface area contributed by atoms with Gasteiger partial charge in [-0.25, -0.2) is 15.0 Å². The molecule has 2 aromatic rings. The summed E-state index contributed by atoms with van der Waals surface area (Å²) in [5.74, 6) is -1.01. The number of thiazole rings is 1. The Bertz CT molecular complexity index is 610. The van der Waals surface area contributed by atoms with Crippen molar-refractivity contribution in [3.05, 3.63) is 28.5 Å². The van der Waals surface area contributed by atoms with E-state index in [9.17, 15) is 13.2 Å². The highest BCUT2D eigenvalue weighted by molar-refractivity contribution is 7.09. The second kappa shape index (κ2) is 5.47. The maximum absolute atomic E-state index is 12.8. The predicted molar refractivity (Wildman–Crippen MR) is 75.3 cm³/mol. The van der Waals surface area contributed by atoms with E-state index in [1.165, 1.54) is 24.5 Å². The number of aromatic nitrogens is 3. The predicted octanol–water partition coefficient (Wildman–Crippen LogP) is 3.34. The van der Waals surface area contributed by atoms with Crippen LogP contribution in [0.15, 0.2) is 17.6 Å². The molecule has 0 unspecified atom stereocenters. The van der Waals surface area contributed by atoms with Gasteiger partial charge in [-0.2, -0.15) is 13.2 Å². The number of alkyl halides is 3. The Morgan fingerprint density at radius 3 is 2.33 bits per heavy atom. The first-order valence-electron chi connectivity index (χ1n) is 6.04. The smallest absolute Gasteiger partial charge is 0.373 e. The fourth-order valence-electron chi connectivity index (χ4n) is 1.67. The molecule has 0 radical (unpaired) electrons. The molecule has 5 nitrogen and oxygen atoms in total. The Kier molecular flexibility index (Phi) is 4.04. The SMILES string of the molecule is CNc1cc(NC(C)(C)c2nccs2)nc(C(F)(F)F)n1. The minimum Gasteiger partial charge on any atom is -0.373 e. The molecule has 0 aliphatic heterocycles. The van der Waals surface area contributed by atoms with Crippen molar-refractivity contribution in [2.24, 2.45) is 0 Å². The first-order chi connectivity index (χ1) is 9.72. The quantitative estimate of drug-likeness (QED) is 0.905. The fourth-order valence-corrected chi connectivity index (χ4v) is 2.39. The van der Waals surface area contributed by atoms with Crippen molar-refractivity contribution >= 4 is 23.0 Å². The summed E-state index contributed by atoms with van der Waals surface area (Å²) in [7, 11) is 1.50. The van der Waals surface area contributed by atoms with Gasteiger partial charge in [0, 0.05) is 24.7 Å². The Morgan fingerprint density at radius 1 is 1.14 bits per heavy atom. The largest absolute Gasteiger partial charge is 0.451 e. The fraction of sp³-hybridized carbons (Fsp3) is 0.417. The van der Waals surface area contributed by atoms with Gasteiger partial charge >= 0.3 is 6.18 Å². The number of hydrogen-bond acceptors (Lipinski definition) is 6. The molecule has 0 saturated carbocycles. The van der Waals surface area contributed by atoms with Crippen molar-refractivity contribution in [2.75, 3.05) is 17.7 Å². The van der Waals surface area contributed by atoms with E-state index in [2.05, 4.69) is 25.6 Å². The zero-order valence-corrected chi connectivity index (χ0v) is 12.4. The minimum absolute atomic E-state index is 0.0851. The van der Waals surface area contributed by atoms with Crippen LogP contribution in [0.2, 0.25) is 0 Å². The van der Waals surface area contributed by atoms with Gasteiger partial charge in [0.2, 0.25) is 5.82 Å². The zero-order valence-electron chi connectivity index (χ0n) is 11.6. The lowest BCUT2D eigenvalue weighted by Crippen LogP contribution is -2.29. The molecule has 2 aromatic heterocycles. The van der Waals surface area contributed by atoms with Gasteiger partial charge in [0.25, 0.3) is 0 Å². The van der Waals surface area contributed by atoms with Crippen LogP contribution >= 0.6 is 11.3 Å². The van der Waals surface area contributed by atoms with E-state index in [0.717, 1.165) is 5.01 Å². The molecular formula is C12H14F3N5S. The van der Waals surface area contributed by atoms with Crippen LogP contribution in [0.3, 0.4) is 0 Å². The van der Waals surface area contributed by atoms with Gasteiger partial charge in [0.05, 0.1) is 5.54 Å². The molecule has 0 aromatic carbocycles. The Hall–Kier alpha value is -1.90. The number of hydrogen-bond donors (Lipinski definition) is 2. The monoisotopic (exact) mass is 317 g/mol. The van der Waals surface area contributed by atoms with Crippen molar-refractivity contribution < 1.29 is 13.2 Å². The standard InChI is InChI=1S/C12H14F3N5S/c1-11(2,10-17-4-5-21-10)20-8-6-7(16-3)18-9(19-8)12(13,14)15/h4-6H,1-3H3,(H2,16,18,19,20). The van der Waals surface area contributed by atoms with E-state index < -0.39 is 17.5 Å². The molecule has 0 aliphatic rings. The van der Waals surface area contributed by atoms with Crippen molar-refractivity contribution in [3.63, 3.8) is 0 Å². The van der Waals surface area contributed by atoms with Crippen molar-refractivity contribution in [3.8, 4) is 0 Å². The molecule has 0 amide bonds. The van der Waals surface area contributed by atoms with Crippen molar-refractivity contribution in [1.82, 2.24) is 15.0 Å². The normalized spacial score (nSPS) is 12.3. The van der Waals surface area contributed by atoms with Gasteiger partial charge in [0.15, 0.2) is 0 Å². The number of rotatable bonds is 4. The Labute approximate surface area is 123 Å². The average molecular weight is 317 g/mol. The summed E-state index contributed by atoms with van der Waals surface area (Å²) in [5.41, 5.74) is -0.642. The van der Waals surface area contributed by atoms with Gasteiger partial charge in [0.1, 0.15) is 16.6 Å². The molecular weight excluding hydrogens is 303 g/mol. The maximum Gasteiger partial charge on any atom is 0.451 e. The topological polar surface area (TPSA) is 62.7 Å². The summed E-state index contributed by atoms with van der Waals surface area (Å²) in [6.07, 6.45) is -2.96. The van der Waals surface area contributed by atoms with Gasteiger partial charge in [-0.05, 0) is 13.8 Å². The van der Waals surface area contributed by atoms with Crippen LogP contribution < -0.4 is 10.6 Å². The molecule has 9 heteroatoms. The molecule has 0 spiro atoms.